The summed E-state index contributed by atoms with van der Waals surface area (Å²) in [6.45, 7) is 0.592. The molecule has 0 unspecified atom stereocenters. The second-order valence-corrected chi connectivity index (χ2v) is 5.99. The first kappa shape index (κ1) is 17.2. The molecule has 0 radical (unpaired) electrons. The summed E-state index contributed by atoms with van der Waals surface area (Å²) in [7, 11) is 3.23. The summed E-state index contributed by atoms with van der Waals surface area (Å²) in [5.41, 5.74) is 2.55. The molecule has 0 amide bonds. The van der Waals surface area contributed by atoms with Crippen LogP contribution >= 0.6 is 11.6 Å². The van der Waals surface area contributed by atoms with E-state index in [1.54, 1.807) is 32.6 Å². The van der Waals surface area contributed by atoms with Crippen LogP contribution in [0.5, 0.6) is 17.4 Å². The number of aromatic hydroxyl groups is 1. The molecular weight excluding hydrogens is 340 g/mol. The number of nitrogens with zero attached hydrogens (tertiary/aromatic N) is 1. The van der Waals surface area contributed by atoms with Gasteiger partial charge in [-0.05, 0) is 36.2 Å². The van der Waals surface area contributed by atoms with Crippen LogP contribution in [0.4, 0.5) is 0 Å². The number of aliphatic imine (C=N–C) groups is 1. The highest BCUT2D eigenvalue weighted by Crippen LogP contribution is 2.29. The maximum absolute atomic E-state index is 10.0. The number of rotatable bonds is 6. The van der Waals surface area contributed by atoms with Crippen molar-refractivity contribution < 1.29 is 14.6 Å². The lowest BCUT2D eigenvalue weighted by Crippen LogP contribution is -1.95. The molecule has 0 spiro atoms. The molecule has 0 saturated carbocycles. The van der Waals surface area contributed by atoms with Gasteiger partial charge in [-0.3, -0.25) is 4.99 Å². The smallest absolute Gasteiger partial charge is 0.198 e. The molecule has 3 rings (SSSR count). The van der Waals surface area contributed by atoms with Crippen molar-refractivity contribution in [2.75, 3.05) is 20.8 Å². The van der Waals surface area contributed by atoms with Crippen LogP contribution in [0.2, 0.25) is 5.02 Å². The molecule has 130 valence electrons. The minimum Gasteiger partial charge on any atom is -0.494 e. The largest absolute Gasteiger partial charge is 0.494 e. The number of hydrogen-bond acceptors (Lipinski definition) is 4. The molecule has 0 aliphatic carbocycles. The number of fused-ring (bicyclic) bond motifs is 1. The van der Waals surface area contributed by atoms with Crippen molar-refractivity contribution >= 4 is 28.7 Å². The number of halogens is 1. The summed E-state index contributed by atoms with van der Waals surface area (Å²) >= 11 is 5.97. The van der Waals surface area contributed by atoms with E-state index in [1.807, 2.05) is 24.3 Å². The number of aromatic amines is 1. The Labute approximate surface area is 150 Å². The zero-order chi connectivity index (χ0) is 17.8. The van der Waals surface area contributed by atoms with Crippen LogP contribution in [0.1, 0.15) is 11.1 Å². The van der Waals surface area contributed by atoms with Crippen molar-refractivity contribution in [3.8, 4) is 17.4 Å². The van der Waals surface area contributed by atoms with E-state index in [-0.39, 0.29) is 5.88 Å². The van der Waals surface area contributed by atoms with E-state index in [1.165, 1.54) is 0 Å². The molecule has 3 aromatic rings. The molecule has 0 aliphatic heterocycles. The lowest BCUT2D eigenvalue weighted by molar-refractivity contribution is 0.354. The molecule has 0 aliphatic rings. The number of benzene rings is 2. The monoisotopic (exact) mass is 358 g/mol. The highest BCUT2D eigenvalue weighted by atomic mass is 35.5. The molecule has 1 heterocycles. The highest BCUT2D eigenvalue weighted by molar-refractivity contribution is 6.31. The van der Waals surface area contributed by atoms with Crippen LogP contribution in [0, 0.1) is 0 Å². The standard InChI is InChI=1S/C19H19ClN2O3/c1-24-17-6-3-12(9-18(17)25-2)7-8-21-11-15-14-5-4-13(20)10-16(14)22-19(15)23/h3-6,9-11,22-23H,7-8H2,1-2H3. The van der Waals surface area contributed by atoms with Crippen molar-refractivity contribution in [2.45, 2.75) is 6.42 Å². The molecule has 5 nitrogen and oxygen atoms in total. The first-order chi connectivity index (χ1) is 12.1. The highest BCUT2D eigenvalue weighted by Gasteiger charge is 2.09. The molecule has 2 N–H and O–H groups in total. The fourth-order valence-corrected chi connectivity index (χ4v) is 2.87. The van der Waals surface area contributed by atoms with Gasteiger partial charge in [-0.25, -0.2) is 0 Å². The van der Waals surface area contributed by atoms with Crippen LogP contribution in [-0.4, -0.2) is 37.1 Å². The van der Waals surface area contributed by atoms with Crippen molar-refractivity contribution in [2.24, 2.45) is 4.99 Å². The van der Waals surface area contributed by atoms with Crippen molar-refractivity contribution in [3.05, 3.63) is 52.5 Å². The van der Waals surface area contributed by atoms with Crippen molar-refractivity contribution in [3.63, 3.8) is 0 Å². The van der Waals surface area contributed by atoms with Crippen LogP contribution in [0.25, 0.3) is 10.9 Å². The minimum absolute atomic E-state index is 0.0899. The van der Waals surface area contributed by atoms with E-state index in [2.05, 4.69) is 9.98 Å². The topological polar surface area (TPSA) is 66.8 Å². The second-order valence-electron chi connectivity index (χ2n) is 5.55. The van der Waals surface area contributed by atoms with Gasteiger partial charge >= 0.3 is 0 Å². The maximum Gasteiger partial charge on any atom is 0.198 e. The molecule has 25 heavy (non-hydrogen) atoms. The molecule has 0 fully saturated rings. The molecule has 0 bridgehead atoms. The van der Waals surface area contributed by atoms with E-state index in [0.717, 1.165) is 22.9 Å². The maximum atomic E-state index is 10.0. The SMILES string of the molecule is COc1ccc(CCN=Cc2c(O)[nH]c3cc(Cl)ccc23)cc1OC. The Morgan fingerprint density at radius 3 is 2.68 bits per heavy atom. The summed E-state index contributed by atoms with van der Waals surface area (Å²) in [5, 5.41) is 11.5. The van der Waals surface area contributed by atoms with Gasteiger partial charge in [-0.15, -0.1) is 0 Å². The number of nitrogens with one attached hydrogen (secondary N) is 1. The van der Waals surface area contributed by atoms with Crippen LogP contribution in [-0.2, 0) is 6.42 Å². The fourth-order valence-electron chi connectivity index (χ4n) is 2.69. The van der Waals surface area contributed by atoms with Gasteiger partial charge in [0.05, 0.1) is 25.3 Å². The molecule has 0 atom stereocenters. The second kappa shape index (κ2) is 7.49. The van der Waals surface area contributed by atoms with Gasteiger partial charge in [0.15, 0.2) is 17.4 Å². The van der Waals surface area contributed by atoms with Crippen LogP contribution in [0.15, 0.2) is 41.4 Å². The third-order valence-corrected chi connectivity index (χ3v) is 4.21. The summed E-state index contributed by atoms with van der Waals surface area (Å²) in [5.74, 6) is 1.50. The Bertz CT molecular complexity index is 918. The van der Waals surface area contributed by atoms with Gasteiger partial charge in [0.25, 0.3) is 0 Å². The molecule has 6 heteroatoms. The quantitative estimate of drug-likeness (QED) is 0.649. The van der Waals surface area contributed by atoms with Gasteiger partial charge in [-0.1, -0.05) is 23.7 Å². The van der Waals surface area contributed by atoms with Gasteiger partial charge in [0.2, 0.25) is 0 Å². The zero-order valence-electron chi connectivity index (χ0n) is 14.0. The summed E-state index contributed by atoms with van der Waals surface area (Å²) < 4.78 is 10.5. The lowest BCUT2D eigenvalue weighted by Gasteiger charge is -2.08. The predicted molar refractivity (Wildman–Crippen MR) is 101 cm³/mol. The van der Waals surface area contributed by atoms with Gasteiger partial charge in [0, 0.05) is 23.2 Å². The number of methoxy groups -OCH3 is 2. The van der Waals surface area contributed by atoms with E-state index in [4.69, 9.17) is 21.1 Å². The Morgan fingerprint density at radius 2 is 1.92 bits per heavy atom. The van der Waals surface area contributed by atoms with E-state index < -0.39 is 0 Å². The first-order valence-electron chi connectivity index (χ1n) is 7.83. The Hall–Kier alpha value is -2.66. The van der Waals surface area contributed by atoms with Crippen LogP contribution < -0.4 is 9.47 Å². The van der Waals surface area contributed by atoms with Gasteiger partial charge in [-0.2, -0.15) is 0 Å². The Kier molecular flexibility index (Phi) is 5.14. The number of ether oxygens (including phenoxy) is 2. The third-order valence-electron chi connectivity index (χ3n) is 3.98. The molecular formula is C19H19ClN2O3. The summed E-state index contributed by atoms with van der Waals surface area (Å²) in [6.07, 6.45) is 2.44. The number of hydrogen-bond donors (Lipinski definition) is 2. The molecule has 2 aromatic carbocycles. The predicted octanol–water partition coefficient (Wildman–Crippen LogP) is 4.21. The average molecular weight is 359 g/mol. The average Bonchev–Trinajstić information content (AvgIpc) is 2.92. The molecule has 0 saturated heterocycles. The Balaban J connectivity index is 1.71. The van der Waals surface area contributed by atoms with Gasteiger partial charge in [0.1, 0.15) is 0 Å². The van der Waals surface area contributed by atoms with E-state index >= 15 is 0 Å². The normalized spacial score (nSPS) is 11.3. The zero-order valence-corrected chi connectivity index (χ0v) is 14.8. The van der Waals surface area contributed by atoms with Crippen molar-refractivity contribution in [1.82, 2.24) is 4.98 Å². The minimum atomic E-state index is 0.0899. The first-order valence-corrected chi connectivity index (χ1v) is 8.21. The van der Waals surface area contributed by atoms with Gasteiger partial charge < -0.3 is 19.6 Å². The lowest BCUT2D eigenvalue weighted by atomic mass is 10.1. The van der Waals surface area contributed by atoms with E-state index in [0.29, 0.717) is 28.6 Å². The summed E-state index contributed by atoms with van der Waals surface area (Å²) in [4.78, 5) is 7.33. The third kappa shape index (κ3) is 3.72. The fraction of sp³-hybridized carbons (Fsp3) is 0.211. The van der Waals surface area contributed by atoms with Crippen LogP contribution in [0.3, 0.4) is 0 Å². The van der Waals surface area contributed by atoms with Crippen molar-refractivity contribution in [1.29, 1.82) is 0 Å². The summed E-state index contributed by atoms with van der Waals surface area (Å²) in [6, 6.07) is 11.2. The number of H-pyrrole nitrogens is 1. The molecule has 1 aromatic heterocycles. The Morgan fingerprint density at radius 1 is 1.12 bits per heavy atom. The number of aromatic nitrogens is 1. The van der Waals surface area contributed by atoms with E-state index in [9.17, 15) is 5.11 Å².